The second kappa shape index (κ2) is 8.79. The molecule has 4 rings (SSSR count). The van der Waals surface area contributed by atoms with Crippen LogP contribution >= 0.6 is 0 Å². The number of aromatic amines is 1. The van der Waals surface area contributed by atoms with E-state index in [2.05, 4.69) is 10.4 Å². The van der Waals surface area contributed by atoms with E-state index in [9.17, 15) is 18.4 Å². The molecule has 0 fully saturated rings. The van der Waals surface area contributed by atoms with Gasteiger partial charge in [0.15, 0.2) is 0 Å². The van der Waals surface area contributed by atoms with Crippen molar-refractivity contribution in [2.24, 2.45) is 0 Å². The number of nitrogens with one attached hydrogen (secondary N) is 2. The van der Waals surface area contributed by atoms with Crippen molar-refractivity contribution in [3.63, 3.8) is 0 Å². The van der Waals surface area contributed by atoms with Crippen LogP contribution in [0.1, 0.15) is 27.2 Å². The van der Waals surface area contributed by atoms with E-state index in [0.29, 0.717) is 23.2 Å². The molecule has 4 aromatic rings. The minimum Gasteiger partial charge on any atom is -0.348 e. The number of amides is 1. The molecule has 0 bridgehead atoms. The highest BCUT2D eigenvalue weighted by molar-refractivity contribution is 5.94. The highest BCUT2D eigenvalue weighted by Gasteiger charge is 2.10. The Labute approximate surface area is 177 Å². The summed E-state index contributed by atoms with van der Waals surface area (Å²) in [5, 5.41) is 5.71. The Morgan fingerprint density at radius 3 is 2.23 bits per heavy atom. The Hall–Kier alpha value is -4.00. The standard InChI is InChI=1S/C24H19F2N3O2/c25-19-10-17(11-20(26)13-19)15-27-24(31)18-6-8-22(9-7-18)29-23(30)14-21(28-29)12-16-4-2-1-3-5-16/h1-11,13-14,28H,12,15H2,(H,27,31). The van der Waals surface area contributed by atoms with E-state index < -0.39 is 11.6 Å². The van der Waals surface area contributed by atoms with Crippen LogP contribution < -0.4 is 10.9 Å². The summed E-state index contributed by atoms with van der Waals surface area (Å²) >= 11 is 0. The molecule has 1 amide bonds. The average Bonchev–Trinajstić information content (AvgIpc) is 3.12. The van der Waals surface area contributed by atoms with Gasteiger partial charge in [-0.25, -0.2) is 13.5 Å². The van der Waals surface area contributed by atoms with Gasteiger partial charge in [0, 0.05) is 36.4 Å². The summed E-state index contributed by atoms with van der Waals surface area (Å²) in [6.07, 6.45) is 0.601. The van der Waals surface area contributed by atoms with Crippen LogP contribution in [-0.4, -0.2) is 15.7 Å². The summed E-state index contributed by atoms with van der Waals surface area (Å²) in [6, 6.07) is 20.9. The van der Waals surface area contributed by atoms with Crippen LogP contribution in [-0.2, 0) is 13.0 Å². The first-order valence-electron chi connectivity index (χ1n) is 9.66. The normalized spacial score (nSPS) is 10.8. The van der Waals surface area contributed by atoms with Crippen molar-refractivity contribution in [2.45, 2.75) is 13.0 Å². The van der Waals surface area contributed by atoms with Crippen molar-refractivity contribution in [1.82, 2.24) is 15.1 Å². The Kier molecular flexibility index (Phi) is 5.75. The zero-order chi connectivity index (χ0) is 21.8. The number of hydrogen-bond donors (Lipinski definition) is 2. The third-order valence-corrected chi connectivity index (χ3v) is 4.77. The van der Waals surface area contributed by atoms with Gasteiger partial charge in [-0.1, -0.05) is 30.3 Å². The summed E-state index contributed by atoms with van der Waals surface area (Å²) in [6.45, 7) is -0.00576. The van der Waals surface area contributed by atoms with Crippen LogP contribution in [0.5, 0.6) is 0 Å². The highest BCUT2D eigenvalue weighted by Crippen LogP contribution is 2.11. The Bertz CT molecular complexity index is 1240. The van der Waals surface area contributed by atoms with Crippen molar-refractivity contribution < 1.29 is 13.6 Å². The van der Waals surface area contributed by atoms with E-state index >= 15 is 0 Å². The van der Waals surface area contributed by atoms with Gasteiger partial charge in [-0.05, 0) is 47.5 Å². The van der Waals surface area contributed by atoms with Crippen molar-refractivity contribution in [3.8, 4) is 5.69 Å². The van der Waals surface area contributed by atoms with Crippen molar-refractivity contribution >= 4 is 5.91 Å². The number of hydrogen-bond acceptors (Lipinski definition) is 2. The zero-order valence-corrected chi connectivity index (χ0v) is 16.4. The molecule has 0 aliphatic rings. The molecule has 2 N–H and O–H groups in total. The van der Waals surface area contributed by atoms with Crippen molar-refractivity contribution in [3.05, 3.63) is 123 Å². The lowest BCUT2D eigenvalue weighted by molar-refractivity contribution is 0.0951. The summed E-state index contributed by atoms with van der Waals surface area (Å²) in [4.78, 5) is 24.7. The topological polar surface area (TPSA) is 66.9 Å². The molecule has 0 aliphatic heterocycles. The highest BCUT2D eigenvalue weighted by atomic mass is 19.1. The predicted molar refractivity (Wildman–Crippen MR) is 113 cm³/mol. The van der Waals surface area contributed by atoms with Gasteiger partial charge in [-0.2, -0.15) is 0 Å². The van der Waals surface area contributed by atoms with Crippen LogP contribution in [0.25, 0.3) is 5.69 Å². The SMILES string of the molecule is O=C(NCc1cc(F)cc(F)c1)c1ccc(-n2[nH]c(Cc3ccccc3)cc2=O)cc1. The summed E-state index contributed by atoms with van der Waals surface area (Å²) in [5.74, 6) is -1.78. The Morgan fingerprint density at radius 1 is 0.871 bits per heavy atom. The van der Waals surface area contributed by atoms with Crippen LogP contribution in [0, 0.1) is 11.6 Å². The van der Waals surface area contributed by atoms with E-state index in [0.717, 1.165) is 29.5 Å². The molecule has 0 saturated heterocycles. The van der Waals surface area contributed by atoms with E-state index in [1.807, 2.05) is 30.3 Å². The second-order valence-electron chi connectivity index (χ2n) is 7.12. The molecule has 156 valence electrons. The lowest BCUT2D eigenvalue weighted by atomic mass is 10.1. The molecular weight excluding hydrogens is 400 g/mol. The quantitative estimate of drug-likeness (QED) is 0.497. The minimum absolute atomic E-state index is 0.00576. The largest absolute Gasteiger partial charge is 0.348 e. The number of carbonyl (C=O) groups excluding carboxylic acids is 1. The van der Waals surface area contributed by atoms with E-state index in [1.54, 1.807) is 30.3 Å². The van der Waals surface area contributed by atoms with E-state index in [1.165, 1.54) is 4.68 Å². The number of halogens is 2. The molecule has 0 unspecified atom stereocenters. The number of aromatic nitrogens is 2. The maximum Gasteiger partial charge on any atom is 0.271 e. The fourth-order valence-corrected chi connectivity index (χ4v) is 3.30. The molecule has 0 saturated carbocycles. The third kappa shape index (κ3) is 4.95. The molecule has 31 heavy (non-hydrogen) atoms. The average molecular weight is 419 g/mol. The zero-order valence-electron chi connectivity index (χ0n) is 16.4. The smallest absolute Gasteiger partial charge is 0.271 e. The van der Waals surface area contributed by atoms with E-state index in [-0.39, 0.29) is 18.0 Å². The molecule has 5 nitrogen and oxygen atoms in total. The number of rotatable bonds is 6. The molecule has 0 radical (unpaired) electrons. The third-order valence-electron chi connectivity index (χ3n) is 4.77. The maximum atomic E-state index is 13.3. The van der Waals surface area contributed by atoms with Gasteiger partial charge < -0.3 is 5.32 Å². The van der Waals surface area contributed by atoms with Crippen molar-refractivity contribution in [1.29, 1.82) is 0 Å². The number of benzene rings is 3. The molecule has 1 heterocycles. The molecule has 3 aromatic carbocycles. The van der Waals surface area contributed by atoms with Gasteiger partial charge >= 0.3 is 0 Å². The lowest BCUT2D eigenvalue weighted by Crippen LogP contribution is -2.23. The summed E-state index contributed by atoms with van der Waals surface area (Å²) in [7, 11) is 0. The van der Waals surface area contributed by atoms with Crippen LogP contribution in [0.3, 0.4) is 0 Å². The minimum atomic E-state index is -0.698. The van der Waals surface area contributed by atoms with Crippen LogP contribution in [0.4, 0.5) is 8.78 Å². The molecule has 0 aliphatic carbocycles. The summed E-state index contributed by atoms with van der Waals surface area (Å²) < 4.78 is 27.9. The summed E-state index contributed by atoms with van der Waals surface area (Å²) in [5.41, 5.74) is 2.95. The van der Waals surface area contributed by atoms with E-state index in [4.69, 9.17) is 0 Å². The molecule has 0 spiro atoms. The van der Waals surface area contributed by atoms with Gasteiger partial charge in [-0.3, -0.25) is 14.7 Å². The lowest BCUT2D eigenvalue weighted by Gasteiger charge is -2.07. The number of carbonyl (C=O) groups is 1. The molecule has 1 aromatic heterocycles. The molecule has 0 atom stereocenters. The molecular formula is C24H19F2N3O2. The van der Waals surface area contributed by atoms with Gasteiger partial charge in [0.2, 0.25) is 0 Å². The van der Waals surface area contributed by atoms with Gasteiger partial charge in [0.05, 0.1) is 5.69 Å². The van der Waals surface area contributed by atoms with Gasteiger partial charge in [-0.15, -0.1) is 0 Å². The maximum absolute atomic E-state index is 13.3. The van der Waals surface area contributed by atoms with Crippen LogP contribution in [0.15, 0.2) is 83.7 Å². The number of nitrogens with zero attached hydrogens (tertiary/aromatic N) is 1. The van der Waals surface area contributed by atoms with Gasteiger partial charge in [0.1, 0.15) is 11.6 Å². The first-order valence-corrected chi connectivity index (χ1v) is 9.66. The van der Waals surface area contributed by atoms with Crippen LogP contribution in [0.2, 0.25) is 0 Å². The first kappa shape index (κ1) is 20.3. The fraction of sp³-hybridized carbons (Fsp3) is 0.0833. The Morgan fingerprint density at radius 2 is 1.55 bits per heavy atom. The Balaban J connectivity index is 1.44. The van der Waals surface area contributed by atoms with Gasteiger partial charge in [0.25, 0.3) is 11.5 Å². The first-order chi connectivity index (χ1) is 15.0. The molecule has 7 heteroatoms. The predicted octanol–water partition coefficient (Wildman–Crippen LogP) is 3.96. The fourth-order valence-electron chi connectivity index (χ4n) is 3.30. The van der Waals surface area contributed by atoms with Crippen molar-refractivity contribution in [2.75, 3.05) is 0 Å². The second-order valence-corrected chi connectivity index (χ2v) is 7.12. The number of H-pyrrole nitrogens is 1. The monoisotopic (exact) mass is 419 g/mol.